The molecule has 4 rings (SSSR count). The van der Waals surface area contributed by atoms with Crippen LogP contribution in [0.2, 0.25) is 10.0 Å². The number of nitrogens with one attached hydrogen (secondary N) is 2. The molecule has 2 unspecified atom stereocenters. The van der Waals surface area contributed by atoms with Crippen molar-refractivity contribution in [2.24, 2.45) is 11.0 Å². The van der Waals surface area contributed by atoms with Crippen LogP contribution in [0.5, 0.6) is 0 Å². The molecule has 0 radical (unpaired) electrons. The van der Waals surface area contributed by atoms with E-state index in [2.05, 4.69) is 20.7 Å². The SMILES string of the molecule is CC(NC(=O)c1cc(Cl)ccc1NC(=O)C1CC=NN1c1ncccc1Cl)C1CC1. The maximum absolute atomic E-state index is 13.0. The van der Waals surface area contributed by atoms with E-state index in [-0.39, 0.29) is 17.9 Å². The standard InChI is InChI=1S/C21H21Cl2N5O2/c1-12(13-4-5-13)26-20(29)15-11-14(22)6-7-17(15)27-21(30)18-8-10-25-28(18)19-16(23)3-2-9-24-19/h2-3,6-7,9-13,18H,4-5,8H2,1H3,(H,26,29)(H,27,30). The Bertz CT molecular complexity index is 1010. The second-order valence-electron chi connectivity index (χ2n) is 7.48. The lowest BCUT2D eigenvalue weighted by Crippen LogP contribution is -2.40. The van der Waals surface area contributed by atoms with Gasteiger partial charge >= 0.3 is 0 Å². The minimum atomic E-state index is -0.630. The number of benzene rings is 1. The number of nitrogens with zero attached hydrogens (tertiary/aromatic N) is 3. The smallest absolute Gasteiger partial charge is 0.253 e. The Hall–Kier alpha value is -2.64. The second kappa shape index (κ2) is 8.62. The van der Waals surface area contributed by atoms with Crippen molar-refractivity contribution in [1.82, 2.24) is 10.3 Å². The lowest BCUT2D eigenvalue weighted by molar-refractivity contribution is -0.117. The molecule has 1 aliphatic carbocycles. The summed E-state index contributed by atoms with van der Waals surface area (Å²) in [7, 11) is 0. The molecule has 2 aromatic rings. The van der Waals surface area contributed by atoms with Gasteiger partial charge in [0.2, 0.25) is 5.91 Å². The number of hydrogen-bond acceptors (Lipinski definition) is 5. The van der Waals surface area contributed by atoms with E-state index in [4.69, 9.17) is 23.2 Å². The van der Waals surface area contributed by atoms with Crippen molar-refractivity contribution < 1.29 is 9.59 Å². The number of carbonyl (C=O) groups excluding carboxylic acids is 2. The number of hydrazone groups is 1. The first-order valence-electron chi connectivity index (χ1n) is 9.77. The van der Waals surface area contributed by atoms with Crippen LogP contribution >= 0.6 is 23.2 Å². The van der Waals surface area contributed by atoms with Crippen molar-refractivity contribution >= 4 is 52.7 Å². The van der Waals surface area contributed by atoms with Gasteiger partial charge in [0.15, 0.2) is 5.82 Å². The summed E-state index contributed by atoms with van der Waals surface area (Å²) >= 11 is 12.3. The van der Waals surface area contributed by atoms with Gasteiger partial charge in [-0.3, -0.25) is 9.59 Å². The number of hydrogen-bond donors (Lipinski definition) is 2. The van der Waals surface area contributed by atoms with Crippen molar-refractivity contribution in [3.05, 3.63) is 52.1 Å². The topological polar surface area (TPSA) is 86.7 Å². The van der Waals surface area contributed by atoms with E-state index in [0.717, 1.165) is 12.8 Å². The molecule has 0 spiro atoms. The molecule has 0 bridgehead atoms. The van der Waals surface area contributed by atoms with Crippen LogP contribution in [0.3, 0.4) is 0 Å². The molecule has 2 amide bonds. The fourth-order valence-corrected chi connectivity index (χ4v) is 3.79. The van der Waals surface area contributed by atoms with E-state index in [1.807, 2.05) is 6.92 Å². The van der Waals surface area contributed by atoms with Crippen molar-refractivity contribution in [2.75, 3.05) is 10.3 Å². The number of carbonyl (C=O) groups is 2. The van der Waals surface area contributed by atoms with Crippen LogP contribution < -0.4 is 15.6 Å². The van der Waals surface area contributed by atoms with Gasteiger partial charge in [-0.1, -0.05) is 23.2 Å². The Labute approximate surface area is 184 Å². The fraction of sp³-hybridized carbons (Fsp3) is 0.333. The first-order chi connectivity index (χ1) is 14.4. The van der Waals surface area contributed by atoms with Crippen molar-refractivity contribution in [1.29, 1.82) is 0 Å². The van der Waals surface area contributed by atoms with Crippen LogP contribution in [-0.4, -0.2) is 35.1 Å². The van der Waals surface area contributed by atoms with Crippen LogP contribution in [0.25, 0.3) is 0 Å². The van der Waals surface area contributed by atoms with Crippen molar-refractivity contribution in [3.8, 4) is 0 Å². The number of anilines is 2. The molecule has 1 aromatic heterocycles. The average Bonchev–Trinajstić information content (AvgIpc) is 3.47. The maximum Gasteiger partial charge on any atom is 0.253 e. The summed E-state index contributed by atoms with van der Waals surface area (Å²) in [5, 5.41) is 12.4. The summed E-state index contributed by atoms with van der Waals surface area (Å²) in [6.07, 6.45) is 5.86. The molecule has 9 heteroatoms. The van der Waals surface area contributed by atoms with Crippen LogP contribution in [0.4, 0.5) is 11.5 Å². The highest BCUT2D eigenvalue weighted by molar-refractivity contribution is 6.33. The first kappa shape index (κ1) is 20.6. The van der Waals surface area contributed by atoms with E-state index in [1.54, 1.807) is 42.7 Å². The first-order valence-corrected chi connectivity index (χ1v) is 10.5. The van der Waals surface area contributed by atoms with Gasteiger partial charge in [-0.2, -0.15) is 5.10 Å². The van der Waals surface area contributed by atoms with Crippen LogP contribution in [0.15, 0.2) is 41.6 Å². The average molecular weight is 446 g/mol. The molecule has 2 N–H and O–H groups in total. The summed E-state index contributed by atoms with van der Waals surface area (Å²) in [5.74, 6) is 0.333. The van der Waals surface area contributed by atoms with E-state index >= 15 is 0 Å². The van der Waals surface area contributed by atoms with Gasteiger partial charge in [0, 0.05) is 29.9 Å². The van der Waals surface area contributed by atoms with Gasteiger partial charge in [0.1, 0.15) is 6.04 Å². The molecular weight excluding hydrogens is 425 g/mol. The van der Waals surface area contributed by atoms with E-state index < -0.39 is 6.04 Å². The maximum atomic E-state index is 13.0. The fourth-order valence-electron chi connectivity index (χ4n) is 3.41. The largest absolute Gasteiger partial charge is 0.349 e. The number of halogens is 2. The number of pyridine rings is 1. The molecule has 2 atom stereocenters. The molecule has 1 aliphatic heterocycles. The van der Waals surface area contributed by atoms with Crippen molar-refractivity contribution in [3.63, 3.8) is 0 Å². The summed E-state index contributed by atoms with van der Waals surface area (Å²) in [4.78, 5) is 30.1. The van der Waals surface area contributed by atoms with Gasteiger partial charge in [-0.25, -0.2) is 9.99 Å². The zero-order valence-corrected chi connectivity index (χ0v) is 17.8. The van der Waals surface area contributed by atoms with Crippen LogP contribution in [0.1, 0.15) is 36.5 Å². The van der Waals surface area contributed by atoms with E-state index in [9.17, 15) is 9.59 Å². The lowest BCUT2D eigenvalue weighted by Gasteiger charge is -2.23. The Morgan fingerprint density at radius 2 is 2.03 bits per heavy atom. The minimum absolute atomic E-state index is 0.0741. The molecule has 7 nitrogen and oxygen atoms in total. The molecule has 30 heavy (non-hydrogen) atoms. The Balaban J connectivity index is 1.53. The number of aromatic nitrogens is 1. The lowest BCUT2D eigenvalue weighted by atomic mass is 10.1. The van der Waals surface area contributed by atoms with E-state index in [1.165, 1.54) is 5.01 Å². The molecule has 1 saturated carbocycles. The summed E-state index contributed by atoms with van der Waals surface area (Å²) < 4.78 is 0. The number of rotatable bonds is 6. The Kier molecular flexibility index (Phi) is 5.92. The third-order valence-corrected chi connectivity index (χ3v) is 5.79. The van der Waals surface area contributed by atoms with Crippen LogP contribution in [0, 0.1) is 5.92 Å². The van der Waals surface area contributed by atoms with Crippen molar-refractivity contribution in [2.45, 2.75) is 38.3 Å². The Morgan fingerprint density at radius 1 is 1.23 bits per heavy atom. The van der Waals surface area contributed by atoms with Gasteiger partial charge < -0.3 is 10.6 Å². The predicted octanol–water partition coefficient (Wildman–Crippen LogP) is 4.12. The molecule has 0 saturated heterocycles. The Morgan fingerprint density at radius 3 is 2.77 bits per heavy atom. The normalized spacial score (nSPS) is 18.9. The van der Waals surface area contributed by atoms with Gasteiger partial charge in [-0.05, 0) is 56.0 Å². The molecular formula is C21H21Cl2N5O2. The molecule has 1 fully saturated rings. The number of amides is 2. The molecule has 1 aromatic carbocycles. The zero-order valence-electron chi connectivity index (χ0n) is 16.3. The summed E-state index contributed by atoms with van der Waals surface area (Å²) in [5.41, 5.74) is 0.716. The highest BCUT2D eigenvalue weighted by Crippen LogP contribution is 2.33. The quantitative estimate of drug-likeness (QED) is 0.699. The van der Waals surface area contributed by atoms with E-state index in [0.29, 0.717) is 39.5 Å². The third kappa shape index (κ3) is 4.42. The second-order valence-corrected chi connectivity index (χ2v) is 8.33. The van der Waals surface area contributed by atoms with Gasteiger partial charge in [0.25, 0.3) is 5.91 Å². The predicted molar refractivity (Wildman–Crippen MR) is 118 cm³/mol. The molecule has 2 aliphatic rings. The highest BCUT2D eigenvalue weighted by atomic mass is 35.5. The van der Waals surface area contributed by atoms with Crippen LogP contribution in [-0.2, 0) is 4.79 Å². The zero-order chi connectivity index (χ0) is 21.3. The monoisotopic (exact) mass is 445 g/mol. The summed E-state index contributed by atoms with van der Waals surface area (Å²) in [6.45, 7) is 1.99. The highest BCUT2D eigenvalue weighted by Gasteiger charge is 2.33. The van der Waals surface area contributed by atoms with Gasteiger partial charge in [0.05, 0.1) is 16.3 Å². The van der Waals surface area contributed by atoms with Gasteiger partial charge in [-0.15, -0.1) is 0 Å². The molecule has 2 heterocycles. The third-order valence-electron chi connectivity index (χ3n) is 5.26. The minimum Gasteiger partial charge on any atom is -0.349 e. The summed E-state index contributed by atoms with van der Waals surface area (Å²) in [6, 6.07) is 7.67. The molecule has 156 valence electrons.